The van der Waals surface area contributed by atoms with E-state index >= 15 is 0 Å². The van der Waals surface area contributed by atoms with E-state index in [1.807, 2.05) is 52.9 Å². The predicted molar refractivity (Wildman–Crippen MR) is 103 cm³/mol. The molecule has 2 aliphatic heterocycles. The van der Waals surface area contributed by atoms with Gasteiger partial charge in [0.25, 0.3) is 0 Å². The Morgan fingerprint density at radius 2 is 2.04 bits per heavy atom. The number of phenols is 1. The van der Waals surface area contributed by atoms with Crippen LogP contribution in [0.15, 0.2) is 65.1 Å². The molecule has 0 aliphatic carbocycles. The van der Waals surface area contributed by atoms with Gasteiger partial charge in [0, 0.05) is 22.6 Å². The summed E-state index contributed by atoms with van der Waals surface area (Å²) in [6, 6.07) is 17.1. The standard InChI is InChI=1S/C20H15ClN2O2S/c21-12-7-8-18-14(10-12)16-11-15(13-4-1-2-5-17(13)24)22-23(16)20(25-18)19-6-3-9-26-19/h1-10,16,20,24H,11H2/t16-,20-/m1/s1. The van der Waals surface area contributed by atoms with Crippen LogP contribution in [-0.2, 0) is 0 Å². The Balaban J connectivity index is 1.62. The highest BCUT2D eigenvalue weighted by molar-refractivity contribution is 7.10. The summed E-state index contributed by atoms with van der Waals surface area (Å²) in [5.41, 5.74) is 2.64. The van der Waals surface area contributed by atoms with Crippen LogP contribution in [0.1, 0.15) is 34.7 Å². The average molecular weight is 383 g/mol. The fourth-order valence-corrected chi connectivity index (χ4v) is 4.48. The van der Waals surface area contributed by atoms with Crippen LogP contribution < -0.4 is 4.74 Å². The summed E-state index contributed by atoms with van der Waals surface area (Å²) in [4.78, 5) is 1.10. The molecule has 3 aromatic rings. The number of hydrazone groups is 1. The third-order valence-corrected chi connectivity index (χ3v) is 5.89. The highest BCUT2D eigenvalue weighted by atomic mass is 35.5. The summed E-state index contributed by atoms with van der Waals surface area (Å²) in [7, 11) is 0. The van der Waals surface area contributed by atoms with Gasteiger partial charge in [-0.25, -0.2) is 5.01 Å². The van der Waals surface area contributed by atoms with Crippen molar-refractivity contribution < 1.29 is 9.84 Å². The lowest BCUT2D eigenvalue weighted by atomic mass is 9.96. The number of ether oxygens (including phenoxy) is 1. The largest absolute Gasteiger partial charge is 0.507 e. The van der Waals surface area contributed by atoms with Crippen LogP contribution in [0, 0.1) is 0 Å². The number of benzene rings is 2. The maximum Gasteiger partial charge on any atom is 0.222 e. The van der Waals surface area contributed by atoms with E-state index in [2.05, 4.69) is 6.07 Å². The first kappa shape index (κ1) is 15.7. The van der Waals surface area contributed by atoms with Gasteiger partial charge in [0.2, 0.25) is 6.23 Å². The number of hydrogen-bond acceptors (Lipinski definition) is 5. The second-order valence-electron chi connectivity index (χ2n) is 6.33. The summed E-state index contributed by atoms with van der Waals surface area (Å²) in [5.74, 6) is 1.08. The third-order valence-electron chi connectivity index (χ3n) is 4.75. The lowest BCUT2D eigenvalue weighted by Crippen LogP contribution is -2.33. The van der Waals surface area contributed by atoms with E-state index in [0.29, 0.717) is 11.4 Å². The number of para-hydroxylation sites is 1. The van der Waals surface area contributed by atoms with Crippen LogP contribution in [0.3, 0.4) is 0 Å². The van der Waals surface area contributed by atoms with Crippen molar-refractivity contribution in [3.8, 4) is 11.5 Å². The second kappa shape index (κ2) is 6.04. The van der Waals surface area contributed by atoms with Crippen molar-refractivity contribution in [1.82, 2.24) is 5.01 Å². The number of phenolic OH excluding ortho intramolecular Hbond substituents is 1. The van der Waals surface area contributed by atoms with Crippen molar-refractivity contribution in [2.24, 2.45) is 5.10 Å². The van der Waals surface area contributed by atoms with E-state index in [-0.39, 0.29) is 18.0 Å². The van der Waals surface area contributed by atoms with E-state index in [9.17, 15) is 5.11 Å². The van der Waals surface area contributed by atoms with Gasteiger partial charge in [-0.05, 0) is 41.8 Å². The number of hydrogen-bond donors (Lipinski definition) is 1. The topological polar surface area (TPSA) is 45.1 Å². The number of aromatic hydroxyl groups is 1. The molecular formula is C20H15ClN2O2S. The maximum atomic E-state index is 10.2. The van der Waals surface area contributed by atoms with Gasteiger partial charge in [-0.3, -0.25) is 0 Å². The first-order chi connectivity index (χ1) is 12.7. The molecule has 0 spiro atoms. The molecule has 1 N–H and O–H groups in total. The van der Waals surface area contributed by atoms with Gasteiger partial charge in [-0.15, -0.1) is 11.3 Å². The Kier molecular flexibility index (Phi) is 3.65. The van der Waals surface area contributed by atoms with Gasteiger partial charge >= 0.3 is 0 Å². The molecule has 5 rings (SSSR count). The molecule has 0 radical (unpaired) electrons. The molecule has 26 heavy (non-hydrogen) atoms. The SMILES string of the molecule is Oc1ccccc1C1=NN2[C@H](C1)c1cc(Cl)ccc1O[C@@H]2c1cccs1. The van der Waals surface area contributed by atoms with Crippen LogP contribution in [0.2, 0.25) is 5.02 Å². The molecule has 0 saturated carbocycles. The monoisotopic (exact) mass is 382 g/mol. The Morgan fingerprint density at radius 3 is 2.85 bits per heavy atom. The van der Waals surface area contributed by atoms with E-state index in [1.54, 1.807) is 17.4 Å². The Labute approximate surface area is 159 Å². The van der Waals surface area contributed by atoms with Gasteiger partial charge in [0.05, 0.1) is 16.6 Å². The molecule has 1 aromatic heterocycles. The molecule has 4 nitrogen and oxygen atoms in total. The summed E-state index contributed by atoms with van der Waals surface area (Å²) < 4.78 is 6.27. The molecule has 0 amide bonds. The molecule has 130 valence electrons. The highest BCUT2D eigenvalue weighted by Crippen LogP contribution is 2.49. The molecule has 0 saturated heterocycles. The van der Waals surface area contributed by atoms with Crippen molar-refractivity contribution in [3.63, 3.8) is 0 Å². The van der Waals surface area contributed by atoms with Gasteiger partial charge in [-0.2, -0.15) is 5.10 Å². The van der Waals surface area contributed by atoms with Gasteiger partial charge in [0.1, 0.15) is 11.5 Å². The molecular weight excluding hydrogens is 368 g/mol. The van der Waals surface area contributed by atoms with Crippen LogP contribution in [0.4, 0.5) is 0 Å². The molecule has 3 heterocycles. The molecule has 2 aliphatic rings. The highest BCUT2D eigenvalue weighted by Gasteiger charge is 2.41. The quantitative estimate of drug-likeness (QED) is 0.649. The van der Waals surface area contributed by atoms with E-state index in [4.69, 9.17) is 21.4 Å². The average Bonchev–Trinajstić information content (AvgIpc) is 3.32. The third kappa shape index (κ3) is 2.47. The van der Waals surface area contributed by atoms with Crippen molar-refractivity contribution in [3.05, 3.63) is 81.0 Å². The lowest BCUT2D eigenvalue weighted by molar-refractivity contribution is -0.0165. The van der Waals surface area contributed by atoms with E-state index < -0.39 is 0 Å². The molecule has 0 bridgehead atoms. The molecule has 2 atom stereocenters. The number of nitrogens with zero attached hydrogens (tertiary/aromatic N) is 2. The molecule has 6 heteroatoms. The van der Waals surface area contributed by atoms with Gasteiger partial charge < -0.3 is 9.84 Å². The lowest BCUT2D eigenvalue weighted by Gasteiger charge is -2.37. The van der Waals surface area contributed by atoms with Crippen molar-refractivity contribution in [2.45, 2.75) is 18.7 Å². The Bertz CT molecular complexity index is 1000. The van der Waals surface area contributed by atoms with Crippen LogP contribution >= 0.6 is 22.9 Å². The van der Waals surface area contributed by atoms with E-state index in [1.165, 1.54) is 0 Å². The summed E-state index contributed by atoms with van der Waals surface area (Å²) in [5, 5.41) is 19.8. The first-order valence-electron chi connectivity index (χ1n) is 8.34. The van der Waals surface area contributed by atoms with Crippen molar-refractivity contribution in [1.29, 1.82) is 0 Å². The minimum Gasteiger partial charge on any atom is -0.507 e. The first-order valence-corrected chi connectivity index (χ1v) is 9.60. The minimum absolute atomic E-state index is 0.0270. The maximum absolute atomic E-state index is 10.2. The fourth-order valence-electron chi connectivity index (χ4n) is 3.56. The second-order valence-corrected chi connectivity index (χ2v) is 7.75. The molecule has 2 aromatic carbocycles. The Morgan fingerprint density at radius 1 is 1.15 bits per heavy atom. The zero-order chi connectivity index (χ0) is 17.7. The van der Waals surface area contributed by atoms with Gasteiger partial charge in [0.15, 0.2) is 0 Å². The number of halogens is 1. The summed E-state index contributed by atoms with van der Waals surface area (Å²) in [6.07, 6.45) is 0.410. The van der Waals surface area contributed by atoms with Crippen LogP contribution in [0.5, 0.6) is 11.5 Å². The molecule has 0 unspecified atom stereocenters. The summed E-state index contributed by atoms with van der Waals surface area (Å²) >= 11 is 7.88. The van der Waals surface area contributed by atoms with Gasteiger partial charge in [-0.1, -0.05) is 29.8 Å². The summed E-state index contributed by atoms with van der Waals surface area (Å²) in [6.45, 7) is 0. The van der Waals surface area contributed by atoms with Crippen molar-refractivity contribution >= 4 is 28.6 Å². The van der Waals surface area contributed by atoms with Crippen molar-refractivity contribution in [2.75, 3.05) is 0 Å². The molecule has 0 fully saturated rings. The smallest absolute Gasteiger partial charge is 0.222 e. The van der Waals surface area contributed by atoms with Crippen LogP contribution in [0.25, 0.3) is 0 Å². The van der Waals surface area contributed by atoms with Crippen LogP contribution in [-0.4, -0.2) is 15.8 Å². The number of rotatable bonds is 2. The zero-order valence-electron chi connectivity index (χ0n) is 13.7. The zero-order valence-corrected chi connectivity index (χ0v) is 15.2. The minimum atomic E-state index is -0.281. The fraction of sp³-hybridized carbons (Fsp3) is 0.150. The number of thiophene rings is 1. The number of fused-ring (bicyclic) bond motifs is 3. The van der Waals surface area contributed by atoms with E-state index in [0.717, 1.165) is 27.5 Å². The normalized spacial score (nSPS) is 21.0. The Hall–Kier alpha value is -2.50. The predicted octanol–water partition coefficient (Wildman–Crippen LogP) is 5.35.